The van der Waals surface area contributed by atoms with Crippen molar-refractivity contribution in [3.8, 4) is 21.9 Å². The summed E-state index contributed by atoms with van der Waals surface area (Å²) in [6, 6.07) is 7.06. The molecule has 14 heavy (non-hydrogen) atoms. The first-order valence-corrected chi connectivity index (χ1v) is 5.13. The molecule has 0 fully saturated rings. The fraction of sp³-hybridized carbons (Fsp3) is 0.0909. The second-order valence-corrected chi connectivity index (χ2v) is 4.05. The Morgan fingerprint density at radius 3 is 2.57 bits per heavy atom. The van der Waals surface area contributed by atoms with Crippen LogP contribution in [0, 0.1) is 6.92 Å². The topological polar surface area (TPSA) is 40.5 Å². The summed E-state index contributed by atoms with van der Waals surface area (Å²) in [4.78, 5) is 0.878. The lowest BCUT2D eigenvalue weighted by Crippen LogP contribution is -1.80. The molecule has 0 aliphatic heterocycles. The SMILES string of the molecule is Cc1ccc(O)c(-c2cccs2)c1O. The maximum atomic E-state index is 9.80. The smallest absolute Gasteiger partial charge is 0.130 e. The summed E-state index contributed by atoms with van der Waals surface area (Å²) in [6.07, 6.45) is 0. The number of hydrogen-bond acceptors (Lipinski definition) is 3. The molecule has 1 heterocycles. The van der Waals surface area contributed by atoms with E-state index in [2.05, 4.69) is 0 Å². The quantitative estimate of drug-likeness (QED) is 0.752. The van der Waals surface area contributed by atoms with Crippen LogP contribution in [0.4, 0.5) is 0 Å². The molecule has 1 aromatic heterocycles. The summed E-state index contributed by atoms with van der Waals surface area (Å²) in [6.45, 7) is 1.81. The molecule has 0 aliphatic rings. The van der Waals surface area contributed by atoms with Crippen LogP contribution in [0.15, 0.2) is 29.6 Å². The minimum atomic E-state index is 0.121. The van der Waals surface area contributed by atoms with Gasteiger partial charge in [-0.2, -0.15) is 0 Å². The predicted octanol–water partition coefficient (Wildman–Crippen LogP) is 3.13. The predicted molar refractivity (Wildman–Crippen MR) is 57.8 cm³/mol. The van der Waals surface area contributed by atoms with E-state index in [1.54, 1.807) is 12.1 Å². The summed E-state index contributed by atoms with van der Waals surface area (Å²) >= 11 is 1.49. The molecule has 2 aromatic rings. The number of benzene rings is 1. The van der Waals surface area contributed by atoms with Gasteiger partial charge in [-0.25, -0.2) is 0 Å². The molecule has 0 unspecified atom stereocenters. The Labute approximate surface area is 86.1 Å². The van der Waals surface area contributed by atoms with E-state index >= 15 is 0 Å². The van der Waals surface area contributed by atoms with Crippen LogP contribution in [-0.4, -0.2) is 10.2 Å². The third-order valence-corrected chi connectivity index (χ3v) is 3.01. The average molecular weight is 206 g/mol. The van der Waals surface area contributed by atoms with Gasteiger partial charge in [-0.05, 0) is 30.0 Å². The summed E-state index contributed by atoms with van der Waals surface area (Å²) in [5.74, 6) is 0.281. The Morgan fingerprint density at radius 1 is 1.14 bits per heavy atom. The lowest BCUT2D eigenvalue weighted by atomic mass is 10.1. The lowest BCUT2D eigenvalue weighted by Gasteiger charge is -2.07. The van der Waals surface area contributed by atoms with Crippen LogP contribution in [0.1, 0.15) is 5.56 Å². The van der Waals surface area contributed by atoms with Crippen molar-refractivity contribution >= 4 is 11.3 Å². The second-order valence-electron chi connectivity index (χ2n) is 3.10. The lowest BCUT2D eigenvalue weighted by molar-refractivity contribution is 0.452. The van der Waals surface area contributed by atoms with Gasteiger partial charge >= 0.3 is 0 Å². The highest BCUT2D eigenvalue weighted by Crippen LogP contribution is 2.41. The molecule has 0 spiro atoms. The molecule has 0 saturated heterocycles. The molecular formula is C11H10O2S. The van der Waals surface area contributed by atoms with Crippen molar-refractivity contribution in [3.05, 3.63) is 35.2 Å². The van der Waals surface area contributed by atoms with Gasteiger partial charge in [0.1, 0.15) is 11.5 Å². The van der Waals surface area contributed by atoms with Crippen LogP contribution in [0.25, 0.3) is 10.4 Å². The Hall–Kier alpha value is -1.48. The van der Waals surface area contributed by atoms with Crippen LogP contribution < -0.4 is 0 Å². The van der Waals surface area contributed by atoms with Crippen LogP contribution in [-0.2, 0) is 0 Å². The first-order chi connectivity index (χ1) is 6.70. The molecule has 0 aliphatic carbocycles. The maximum absolute atomic E-state index is 9.80. The third kappa shape index (κ3) is 1.36. The minimum absolute atomic E-state index is 0.121. The number of rotatable bonds is 1. The highest BCUT2D eigenvalue weighted by Gasteiger charge is 2.12. The molecular weight excluding hydrogens is 196 g/mol. The van der Waals surface area contributed by atoms with Crippen molar-refractivity contribution in [2.24, 2.45) is 0 Å². The van der Waals surface area contributed by atoms with E-state index < -0.39 is 0 Å². The minimum Gasteiger partial charge on any atom is -0.507 e. The fourth-order valence-electron chi connectivity index (χ4n) is 1.35. The number of phenols is 2. The molecule has 3 heteroatoms. The van der Waals surface area contributed by atoms with E-state index in [1.165, 1.54) is 11.3 Å². The molecule has 0 radical (unpaired) electrons. The highest BCUT2D eigenvalue weighted by molar-refractivity contribution is 7.13. The van der Waals surface area contributed by atoms with Gasteiger partial charge in [0.2, 0.25) is 0 Å². The monoisotopic (exact) mass is 206 g/mol. The van der Waals surface area contributed by atoms with E-state index in [1.807, 2.05) is 24.4 Å². The largest absolute Gasteiger partial charge is 0.507 e. The summed E-state index contributed by atoms with van der Waals surface area (Å²) in [7, 11) is 0. The molecule has 0 atom stereocenters. The van der Waals surface area contributed by atoms with E-state index in [0.29, 0.717) is 5.56 Å². The van der Waals surface area contributed by atoms with E-state index in [4.69, 9.17) is 0 Å². The number of phenolic OH excluding ortho intramolecular Hbond substituents is 2. The van der Waals surface area contributed by atoms with Gasteiger partial charge in [0, 0.05) is 4.88 Å². The molecule has 2 N–H and O–H groups in total. The third-order valence-electron chi connectivity index (χ3n) is 2.13. The zero-order chi connectivity index (χ0) is 10.1. The standard InChI is InChI=1S/C11H10O2S/c1-7-4-5-8(12)10(11(7)13)9-3-2-6-14-9/h2-6,12-13H,1H3. The van der Waals surface area contributed by atoms with Crippen molar-refractivity contribution in [1.82, 2.24) is 0 Å². The normalized spacial score (nSPS) is 10.4. The van der Waals surface area contributed by atoms with Crippen LogP contribution >= 0.6 is 11.3 Å². The summed E-state index contributed by atoms with van der Waals surface area (Å²) in [5, 5.41) is 21.3. The van der Waals surface area contributed by atoms with Crippen LogP contribution in [0.2, 0.25) is 0 Å². The molecule has 72 valence electrons. The Bertz CT molecular complexity index is 447. The molecule has 0 saturated carbocycles. The average Bonchev–Trinajstić information content (AvgIpc) is 2.65. The zero-order valence-electron chi connectivity index (χ0n) is 7.69. The van der Waals surface area contributed by atoms with Crippen molar-refractivity contribution in [2.45, 2.75) is 6.92 Å². The van der Waals surface area contributed by atoms with E-state index in [0.717, 1.165) is 10.4 Å². The fourth-order valence-corrected chi connectivity index (χ4v) is 2.13. The Morgan fingerprint density at radius 2 is 1.93 bits per heavy atom. The molecule has 0 bridgehead atoms. The molecule has 1 aromatic carbocycles. The van der Waals surface area contributed by atoms with Gasteiger partial charge in [0.05, 0.1) is 5.56 Å². The van der Waals surface area contributed by atoms with Crippen molar-refractivity contribution in [2.75, 3.05) is 0 Å². The number of aryl methyl sites for hydroxylation is 1. The molecule has 2 rings (SSSR count). The Balaban J connectivity index is 2.69. The first kappa shape index (κ1) is 9.09. The van der Waals surface area contributed by atoms with Gasteiger partial charge in [-0.15, -0.1) is 11.3 Å². The van der Waals surface area contributed by atoms with Crippen molar-refractivity contribution < 1.29 is 10.2 Å². The zero-order valence-corrected chi connectivity index (χ0v) is 8.51. The van der Waals surface area contributed by atoms with Crippen LogP contribution in [0.5, 0.6) is 11.5 Å². The van der Waals surface area contributed by atoms with Gasteiger partial charge in [0.15, 0.2) is 0 Å². The number of hydrogen-bond donors (Lipinski definition) is 2. The van der Waals surface area contributed by atoms with Gasteiger partial charge in [-0.3, -0.25) is 0 Å². The van der Waals surface area contributed by atoms with Gasteiger partial charge < -0.3 is 10.2 Å². The molecule has 0 amide bonds. The first-order valence-electron chi connectivity index (χ1n) is 4.25. The van der Waals surface area contributed by atoms with Gasteiger partial charge in [-0.1, -0.05) is 12.1 Å². The summed E-state index contributed by atoms with van der Waals surface area (Å²) < 4.78 is 0. The number of aromatic hydroxyl groups is 2. The summed E-state index contributed by atoms with van der Waals surface area (Å²) in [5.41, 5.74) is 1.30. The van der Waals surface area contributed by atoms with Crippen molar-refractivity contribution in [3.63, 3.8) is 0 Å². The van der Waals surface area contributed by atoms with Crippen molar-refractivity contribution in [1.29, 1.82) is 0 Å². The molecule has 2 nitrogen and oxygen atoms in total. The number of thiophene rings is 1. The van der Waals surface area contributed by atoms with Crippen LogP contribution in [0.3, 0.4) is 0 Å². The highest BCUT2D eigenvalue weighted by atomic mass is 32.1. The van der Waals surface area contributed by atoms with Gasteiger partial charge in [0.25, 0.3) is 0 Å². The Kier molecular flexibility index (Phi) is 2.17. The van der Waals surface area contributed by atoms with E-state index in [9.17, 15) is 10.2 Å². The second kappa shape index (κ2) is 3.35. The van der Waals surface area contributed by atoms with E-state index in [-0.39, 0.29) is 11.5 Å². The maximum Gasteiger partial charge on any atom is 0.130 e.